The van der Waals surface area contributed by atoms with Crippen molar-refractivity contribution in [3.63, 3.8) is 0 Å². The van der Waals surface area contributed by atoms with Crippen LogP contribution >= 0.6 is 23.1 Å². The van der Waals surface area contributed by atoms with Gasteiger partial charge in [-0.3, -0.25) is 14.5 Å². The second-order valence-electron chi connectivity index (χ2n) is 3.84. The molecular weight excluding hydrogens is 286 g/mol. The summed E-state index contributed by atoms with van der Waals surface area (Å²) < 4.78 is 0. The number of aliphatic carboxylic acids is 1. The summed E-state index contributed by atoms with van der Waals surface area (Å²) in [7, 11) is 0. The highest BCUT2D eigenvalue weighted by molar-refractivity contribution is 7.98. The highest BCUT2D eigenvalue weighted by Crippen LogP contribution is 2.23. The molecule has 0 bridgehead atoms. The molecule has 1 atom stereocenters. The van der Waals surface area contributed by atoms with Crippen molar-refractivity contribution >= 4 is 40.1 Å². The van der Waals surface area contributed by atoms with Gasteiger partial charge in [0.15, 0.2) is 5.13 Å². The van der Waals surface area contributed by atoms with Crippen molar-refractivity contribution in [1.82, 2.24) is 4.98 Å². The van der Waals surface area contributed by atoms with E-state index in [1.165, 1.54) is 30.0 Å². The van der Waals surface area contributed by atoms with Gasteiger partial charge in [0, 0.05) is 30.4 Å². The van der Waals surface area contributed by atoms with Gasteiger partial charge in [0.05, 0.1) is 5.69 Å². The summed E-state index contributed by atoms with van der Waals surface area (Å²) in [4.78, 5) is 27.9. The highest BCUT2D eigenvalue weighted by Gasteiger charge is 2.14. The Kier molecular flexibility index (Phi) is 6.26. The highest BCUT2D eigenvalue weighted by atomic mass is 32.2. The number of hydrogen-bond donors (Lipinski definition) is 2. The normalized spacial score (nSPS) is 12.2. The lowest BCUT2D eigenvalue weighted by molar-refractivity contribution is -0.137. The molecule has 6 nitrogen and oxygen atoms in total. The lowest BCUT2D eigenvalue weighted by Gasteiger charge is -2.14. The number of nitrogens with two attached hydrogens (primary N) is 1. The van der Waals surface area contributed by atoms with Gasteiger partial charge in [-0.2, -0.15) is 11.8 Å². The van der Waals surface area contributed by atoms with E-state index in [-0.39, 0.29) is 5.91 Å². The van der Waals surface area contributed by atoms with Gasteiger partial charge in [-0.05, 0) is 6.92 Å². The van der Waals surface area contributed by atoms with E-state index in [0.29, 0.717) is 23.2 Å². The average molecular weight is 303 g/mol. The zero-order valence-corrected chi connectivity index (χ0v) is 12.5. The molecule has 1 aromatic heterocycles. The molecule has 0 saturated heterocycles. The standard InChI is InChI=1S/C11H17N3O3S2/c1-3-14(7(2)15)11-13-8(5-19-11)4-18-6-9(12)10(16)17/h5,9H,3-4,6,12H2,1-2H3,(H,16,17). The van der Waals surface area contributed by atoms with E-state index < -0.39 is 12.0 Å². The fourth-order valence-electron chi connectivity index (χ4n) is 1.34. The van der Waals surface area contributed by atoms with Crippen LogP contribution in [0, 0.1) is 0 Å². The van der Waals surface area contributed by atoms with E-state index >= 15 is 0 Å². The second kappa shape index (κ2) is 7.46. The Labute approximate surface area is 120 Å². The zero-order valence-electron chi connectivity index (χ0n) is 10.8. The number of carbonyl (C=O) groups is 2. The van der Waals surface area contributed by atoms with E-state index in [0.717, 1.165) is 5.69 Å². The number of nitrogens with zero attached hydrogens (tertiary/aromatic N) is 2. The number of thiazole rings is 1. The maximum absolute atomic E-state index is 11.4. The van der Waals surface area contributed by atoms with Gasteiger partial charge in [0.25, 0.3) is 0 Å². The third-order valence-electron chi connectivity index (χ3n) is 2.33. The van der Waals surface area contributed by atoms with Crippen molar-refractivity contribution in [2.24, 2.45) is 5.73 Å². The van der Waals surface area contributed by atoms with Gasteiger partial charge >= 0.3 is 5.97 Å². The van der Waals surface area contributed by atoms with Crippen LogP contribution in [0.15, 0.2) is 5.38 Å². The molecular formula is C11H17N3O3S2. The molecule has 0 spiro atoms. The van der Waals surface area contributed by atoms with Gasteiger partial charge in [0.1, 0.15) is 6.04 Å². The Morgan fingerprint density at radius 3 is 2.84 bits per heavy atom. The number of carbonyl (C=O) groups excluding carboxylic acids is 1. The number of carboxylic acid groups (broad SMARTS) is 1. The number of aromatic nitrogens is 1. The van der Waals surface area contributed by atoms with Crippen molar-refractivity contribution in [2.45, 2.75) is 25.6 Å². The van der Waals surface area contributed by atoms with E-state index in [2.05, 4.69) is 4.98 Å². The van der Waals surface area contributed by atoms with Crippen LogP contribution in [0.2, 0.25) is 0 Å². The first-order valence-corrected chi connectivity index (χ1v) is 7.77. The van der Waals surface area contributed by atoms with Crippen molar-refractivity contribution < 1.29 is 14.7 Å². The quantitative estimate of drug-likeness (QED) is 0.784. The van der Waals surface area contributed by atoms with Crippen LogP contribution in [-0.2, 0) is 15.3 Å². The topological polar surface area (TPSA) is 96.5 Å². The van der Waals surface area contributed by atoms with Gasteiger partial charge in [-0.25, -0.2) is 4.98 Å². The minimum absolute atomic E-state index is 0.0380. The number of carboxylic acids is 1. The first-order chi connectivity index (χ1) is 8.95. The van der Waals surface area contributed by atoms with Crippen molar-refractivity contribution in [2.75, 3.05) is 17.2 Å². The lowest BCUT2D eigenvalue weighted by Crippen LogP contribution is -2.32. The molecule has 0 saturated carbocycles. The minimum atomic E-state index is -1.000. The molecule has 1 amide bonds. The monoisotopic (exact) mass is 303 g/mol. The molecule has 8 heteroatoms. The Morgan fingerprint density at radius 2 is 2.32 bits per heavy atom. The van der Waals surface area contributed by atoms with Crippen molar-refractivity contribution in [3.8, 4) is 0 Å². The van der Waals surface area contributed by atoms with Crippen LogP contribution in [0.25, 0.3) is 0 Å². The molecule has 0 aliphatic rings. The maximum atomic E-state index is 11.4. The lowest BCUT2D eigenvalue weighted by atomic mass is 10.4. The molecule has 0 aliphatic carbocycles. The number of thioether (sulfide) groups is 1. The SMILES string of the molecule is CCN(C(C)=O)c1nc(CSCC(N)C(=O)O)cs1. The summed E-state index contributed by atoms with van der Waals surface area (Å²) in [6.45, 7) is 3.98. The summed E-state index contributed by atoms with van der Waals surface area (Å²) in [6.07, 6.45) is 0. The molecule has 1 aromatic rings. The van der Waals surface area contributed by atoms with Crippen LogP contribution in [0.4, 0.5) is 5.13 Å². The molecule has 3 N–H and O–H groups in total. The molecule has 0 aliphatic heterocycles. The molecule has 19 heavy (non-hydrogen) atoms. The summed E-state index contributed by atoms with van der Waals surface area (Å²) in [5.41, 5.74) is 6.24. The summed E-state index contributed by atoms with van der Waals surface area (Å²) >= 11 is 2.83. The number of amides is 1. The molecule has 106 valence electrons. The maximum Gasteiger partial charge on any atom is 0.321 e. The Hall–Kier alpha value is -1.12. The van der Waals surface area contributed by atoms with E-state index in [1.807, 2.05) is 12.3 Å². The molecule has 1 rings (SSSR count). The second-order valence-corrected chi connectivity index (χ2v) is 5.71. The zero-order chi connectivity index (χ0) is 14.4. The largest absolute Gasteiger partial charge is 0.480 e. The third kappa shape index (κ3) is 4.81. The molecule has 0 radical (unpaired) electrons. The molecule has 1 unspecified atom stereocenters. The number of hydrogen-bond acceptors (Lipinski definition) is 6. The molecule has 0 aromatic carbocycles. The number of anilines is 1. The molecule has 0 fully saturated rings. The van der Waals surface area contributed by atoms with Gasteiger partial charge in [-0.1, -0.05) is 0 Å². The predicted octanol–water partition coefficient (Wildman–Crippen LogP) is 1.16. The predicted molar refractivity (Wildman–Crippen MR) is 77.6 cm³/mol. The third-order valence-corrected chi connectivity index (χ3v) is 4.34. The summed E-state index contributed by atoms with van der Waals surface area (Å²) in [6, 6.07) is -0.854. The Bertz CT molecular complexity index is 450. The van der Waals surface area contributed by atoms with Crippen LogP contribution in [-0.4, -0.2) is 40.3 Å². The van der Waals surface area contributed by atoms with Gasteiger partial charge < -0.3 is 10.8 Å². The van der Waals surface area contributed by atoms with Crippen LogP contribution < -0.4 is 10.6 Å². The van der Waals surface area contributed by atoms with Gasteiger partial charge in [-0.15, -0.1) is 11.3 Å². The Morgan fingerprint density at radius 1 is 1.63 bits per heavy atom. The van der Waals surface area contributed by atoms with Crippen LogP contribution in [0.5, 0.6) is 0 Å². The minimum Gasteiger partial charge on any atom is -0.480 e. The first kappa shape index (κ1) is 15.9. The van der Waals surface area contributed by atoms with E-state index in [9.17, 15) is 9.59 Å². The Balaban J connectivity index is 2.51. The van der Waals surface area contributed by atoms with Crippen LogP contribution in [0.1, 0.15) is 19.5 Å². The van der Waals surface area contributed by atoms with Crippen LogP contribution in [0.3, 0.4) is 0 Å². The molecule has 1 heterocycles. The fourth-order valence-corrected chi connectivity index (χ4v) is 3.25. The van der Waals surface area contributed by atoms with Crippen molar-refractivity contribution in [1.29, 1.82) is 0 Å². The van der Waals surface area contributed by atoms with Crippen molar-refractivity contribution in [3.05, 3.63) is 11.1 Å². The number of rotatable bonds is 7. The summed E-state index contributed by atoms with van der Waals surface area (Å²) in [5.74, 6) is -0.108. The summed E-state index contributed by atoms with van der Waals surface area (Å²) in [5, 5.41) is 11.2. The fraction of sp³-hybridized carbons (Fsp3) is 0.545. The van der Waals surface area contributed by atoms with Gasteiger partial charge in [0.2, 0.25) is 5.91 Å². The van der Waals surface area contributed by atoms with E-state index in [1.54, 1.807) is 4.90 Å². The first-order valence-electron chi connectivity index (χ1n) is 5.74. The van der Waals surface area contributed by atoms with E-state index in [4.69, 9.17) is 10.8 Å². The smallest absolute Gasteiger partial charge is 0.321 e. The average Bonchev–Trinajstić information content (AvgIpc) is 2.77.